The molecule has 4 rings (SSSR count). The molecule has 0 spiro atoms. The van der Waals surface area contributed by atoms with Crippen LogP contribution in [-0.4, -0.2) is 46.7 Å². The lowest BCUT2D eigenvalue weighted by Gasteiger charge is -2.23. The highest BCUT2D eigenvalue weighted by Gasteiger charge is 2.38. The summed E-state index contributed by atoms with van der Waals surface area (Å²) < 4.78 is 0. The SMILES string of the molecule is O=C(N[C@H]1CN2CC[C@@H]1C2)c1ccc2[nH]ncc2c1. The van der Waals surface area contributed by atoms with E-state index >= 15 is 0 Å². The summed E-state index contributed by atoms with van der Waals surface area (Å²) in [5, 5.41) is 11.0. The molecule has 0 radical (unpaired) electrons. The molecular weight excluding hydrogens is 240 g/mol. The van der Waals surface area contributed by atoms with Crippen molar-refractivity contribution in [2.75, 3.05) is 19.6 Å². The van der Waals surface area contributed by atoms with Gasteiger partial charge >= 0.3 is 0 Å². The van der Waals surface area contributed by atoms with Gasteiger partial charge in [0.05, 0.1) is 11.7 Å². The average molecular weight is 256 g/mol. The number of nitrogens with one attached hydrogen (secondary N) is 2. The smallest absolute Gasteiger partial charge is 0.251 e. The first-order chi connectivity index (χ1) is 9.29. The Morgan fingerprint density at radius 2 is 2.37 bits per heavy atom. The van der Waals surface area contributed by atoms with Crippen LogP contribution >= 0.6 is 0 Å². The van der Waals surface area contributed by atoms with E-state index in [1.807, 2.05) is 18.2 Å². The van der Waals surface area contributed by atoms with Gasteiger partial charge in [0, 0.05) is 30.1 Å². The number of rotatable bonds is 2. The standard InChI is InChI=1S/C14H16N4O/c19-14(16-13-8-18-4-3-10(13)7-18)9-1-2-12-11(5-9)6-15-17-12/h1-2,5-6,10,13H,3-4,7-8H2,(H,15,17)(H,16,19)/t10-,13+/m1/s1. The minimum absolute atomic E-state index is 0.0295. The largest absolute Gasteiger partial charge is 0.348 e. The second-order valence-corrected chi connectivity index (χ2v) is 5.56. The third-order valence-corrected chi connectivity index (χ3v) is 4.35. The number of aromatic amines is 1. The number of piperidine rings is 1. The number of H-pyrrole nitrogens is 1. The topological polar surface area (TPSA) is 61.0 Å². The molecule has 2 aliphatic heterocycles. The van der Waals surface area contributed by atoms with Crippen LogP contribution < -0.4 is 5.32 Å². The Balaban J connectivity index is 1.53. The van der Waals surface area contributed by atoms with Gasteiger partial charge in [-0.2, -0.15) is 5.10 Å². The molecule has 5 heteroatoms. The summed E-state index contributed by atoms with van der Waals surface area (Å²) in [6, 6.07) is 5.97. The van der Waals surface area contributed by atoms with Crippen LogP contribution in [0.1, 0.15) is 16.8 Å². The summed E-state index contributed by atoms with van der Waals surface area (Å²) in [6.07, 6.45) is 2.96. The number of hydrogen-bond donors (Lipinski definition) is 2. The number of carbonyl (C=O) groups excluding carboxylic acids is 1. The minimum atomic E-state index is 0.0295. The zero-order valence-electron chi connectivity index (χ0n) is 10.6. The number of benzene rings is 1. The molecule has 1 aromatic carbocycles. The highest BCUT2D eigenvalue weighted by molar-refractivity contribution is 5.98. The molecule has 1 unspecified atom stereocenters. The first-order valence-electron chi connectivity index (χ1n) is 6.76. The lowest BCUT2D eigenvalue weighted by atomic mass is 9.99. The van der Waals surface area contributed by atoms with Crippen LogP contribution in [0.15, 0.2) is 24.4 Å². The van der Waals surface area contributed by atoms with Crippen LogP contribution in [0.25, 0.3) is 10.9 Å². The summed E-state index contributed by atoms with van der Waals surface area (Å²) in [5.41, 5.74) is 1.68. The fraction of sp³-hybridized carbons (Fsp3) is 0.429. The van der Waals surface area contributed by atoms with Crippen LogP contribution in [0.4, 0.5) is 0 Å². The Labute approximate surface area is 111 Å². The predicted octanol–water partition coefficient (Wildman–Crippen LogP) is 0.997. The van der Waals surface area contributed by atoms with Crippen molar-refractivity contribution in [2.24, 2.45) is 5.92 Å². The molecule has 19 heavy (non-hydrogen) atoms. The highest BCUT2D eigenvalue weighted by atomic mass is 16.1. The second kappa shape index (κ2) is 4.06. The van der Waals surface area contributed by atoms with Gasteiger partial charge in [-0.15, -0.1) is 0 Å². The molecule has 3 heterocycles. The van der Waals surface area contributed by atoms with Crippen LogP contribution in [0.5, 0.6) is 0 Å². The fourth-order valence-electron chi connectivity index (χ4n) is 3.28. The Hall–Kier alpha value is -1.88. The zero-order valence-corrected chi connectivity index (χ0v) is 10.6. The summed E-state index contributed by atoms with van der Waals surface area (Å²) in [4.78, 5) is 14.7. The molecule has 1 aromatic heterocycles. The second-order valence-electron chi connectivity index (χ2n) is 5.56. The van der Waals surface area contributed by atoms with Gasteiger partial charge < -0.3 is 10.2 Å². The van der Waals surface area contributed by atoms with Crippen molar-refractivity contribution in [1.82, 2.24) is 20.4 Å². The summed E-state index contributed by atoms with van der Waals surface area (Å²) in [6.45, 7) is 3.34. The Bertz CT molecular complexity index is 635. The molecule has 0 aliphatic carbocycles. The van der Waals surface area contributed by atoms with Crippen LogP contribution in [0.2, 0.25) is 0 Å². The van der Waals surface area contributed by atoms with Gasteiger partial charge in [0.25, 0.3) is 5.91 Å². The Morgan fingerprint density at radius 3 is 3.16 bits per heavy atom. The van der Waals surface area contributed by atoms with Gasteiger partial charge in [-0.05, 0) is 37.1 Å². The third-order valence-electron chi connectivity index (χ3n) is 4.35. The molecule has 3 atom stereocenters. The monoisotopic (exact) mass is 256 g/mol. The molecule has 1 amide bonds. The first-order valence-corrected chi connectivity index (χ1v) is 6.76. The molecule has 2 fully saturated rings. The van der Waals surface area contributed by atoms with Crippen LogP contribution in [0.3, 0.4) is 0 Å². The van der Waals surface area contributed by atoms with Gasteiger partial charge in [-0.1, -0.05) is 0 Å². The average Bonchev–Trinajstić information content (AvgIpc) is 3.13. The zero-order chi connectivity index (χ0) is 12.8. The van der Waals surface area contributed by atoms with Crippen molar-refractivity contribution in [3.05, 3.63) is 30.0 Å². The van der Waals surface area contributed by atoms with E-state index < -0.39 is 0 Å². The molecule has 5 nitrogen and oxygen atoms in total. The van der Waals surface area contributed by atoms with E-state index in [0.717, 1.165) is 24.0 Å². The van der Waals surface area contributed by atoms with Crippen molar-refractivity contribution >= 4 is 16.8 Å². The van der Waals surface area contributed by atoms with E-state index in [1.165, 1.54) is 13.0 Å². The van der Waals surface area contributed by atoms with E-state index in [2.05, 4.69) is 20.4 Å². The molecule has 2 aliphatic rings. The van der Waals surface area contributed by atoms with Crippen molar-refractivity contribution in [1.29, 1.82) is 0 Å². The molecule has 98 valence electrons. The number of aromatic nitrogens is 2. The maximum Gasteiger partial charge on any atom is 0.251 e. The predicted molar refractivity (Wildman–Crippen MR) is 71.9 cm³/mol. The molecule has 2 aromatic rings. The number of hydrogen-bond acceptors (Lipinski definition) is 3. The van der Waals surface area contributed by atoms with E-state index in [4.69, 9.17) is 0 Å². The van der Waals surface area contributed by atoms with Gasteiger partial charge in [-0.3, -0.25) is 9.89 Å². The number of fused-ring (bicyclic) bond motifs is 3. The highest BCUT2D eigenvalue weighted by Crippen LogP contribution is 2.28. The van der Waals surface area contributed by atoms with Gasteiger partial charge in [0.15, 0.2) is 0 Å². The van der Waals surface area contributed by atoms with E-state index in [1.54, 1.807) is 6.20 Å². The normalized spacial score (nSPS) is 28.9. The van der Waals surface area contributed by atoms with Crippen molar-refractivity contribution < 1.29 is 4.79 Å². The maximum absolute atomic E-state index is 12.3. The maximum atomic E-state index is 12.3. The number of amides is 1. The molecule has 2 bridgehead atoms. The lowest BCUT2D eigenvalue weighted by molar-refractivity contribution is 0.0924. The summed E-state index contributed by atoms with van der Waals surface area (Å²) in [5.74, 6) is 0.670. The Morgan fingerprint density at radius 1 is 1.42 bits per heavy atom. The first kappa shape index (κ1) is 11.0. The fourth-order valence-corrected chi connectivity index (χ4v) is 3.28. The summed E-state index contributed by atoms with van der Waals surface area (Å²) in [7, 11) is 0. The van der Waals surface area contributed by atoms with Crippen LogP contribution in [0, 0.1) is 5.92 Å². The summed E-state index contributed by atoms with van der Waals surface area (Å²) >= 11 is 0. The Kier molecular flexibility index (Phi) is 2.35. The molecule has 2 saturated heterocycles. The third kappa shape index (κ3) is 1.81. The number of nitrogens with zero attached hydrogens (tertiary/aromatic N) is 2. The van der Waals surface area contributed by atoms with Crippen LogP contribution in [-0.2, 0) is 0 Å². The quantitative estimate of drug-likeness (QED) is 0.842. The van der Waals surface area contributed by atoms with Gasteiger partial charge in [0.2, 0.25) is 0 Å². The molecule has 2 N–H and O–H groups in total. The molecule has 0 saturated carbocycles. The number of carbonyl (C=O) groups is 1. The van der Waals surface area contributed by atoms with E-state index in [-0.39, 0.29) is 5.91 Å². The van der Waals surface area contributed by atoms with E-state index in [9.17, 15) is 4.79 Å². The van der Waals surface area contributed by atoms with Crippen molar-refractivity contribution in [3.63, 3.8) is 0 Å². The molecular formula is C14H16N4O. The van der Waals surface area contributed by atoms with Crippen molar-refractivity contribution in [2.45, 2.75) is 12.5 Å². The minimum Gasteiger partial charge on any atom is -0.348 e. The van der Waals surface area contributed by atoms with Crippen molar-refractivity contribution in [3.8, 4) is 0 Å². The van der Waals surface area contributed by atoms with Gasteiger partial charge in [-0.25, -0.2) is 0 Å². The van der Waals surface area contributed by atoms with Gasteiger partial charge in [0.1, 0.15) is 0 Å². The van der Waals surface area contributed by atoms with E-state index in [0.29, 0.717) is 17.5 Å². The lowest BCUT2D eigenvalue weighted by Crippen LogP contribution is -2.43.